The van der Waals surface area contributed by atoms with Crippen molar-refractivity contribution < 1.29 is 0 Å². The van der Waals surface area contributed by atoms with E-state index < -0.39 is 0 Å². The van der Waals surface area contributed by atoms with Crippen molar-refractivity contribution in [3.63, 3.8) is 0 Å². The van der Waals surface area contributed by atoms with Gasteiger partial charge in [0.25, 0.3) is 0 Å². The summed E-state index contributed by atoms with van der Waals surface area (Å²) in [7, 11) is 0. The third kappa shape index (κ3) is 25.6. The van der Waals surface area contributed by atoms with Gasteiger partial charge in [-0.1, -0.05) is 76.9 Å². The van der Waals surface area contributed by atoms with Gasteiger partial charge in [0.2, 0.25) is 0 Å². The SMILES string of the molecule is CCCCCCCCC=CCCCCCCCCNCCNCCNCCN. The smallest absolute Gasteiger partial charge is 0.00772 e. The molecule has 0 aliphatic carbocycles. The van der Waals surface area contributed by atoms with Gasteiger partial charge in [-0.3, -0.25) is 0 Å². The predicted molar refractivity (Wildman–Crippen MR) is 127 cm³/mol. The number of unbranched alkanes of at least 4 members (excludes halogenated alkanes) is 12. The molecule has 4 nitrogen and oxygen atoms in total. The Morgan fingerprint density at radius 2 is 0.929 bits per heavy atom. The Bertz CT molecular complexity index is 294. The molecule has 168 valence electrons. The van der Waals surface area contributed by atoms with Crippen LogP contribution >= 0.6 is 0 Å². The maximum absolute atomic E-state index is 5.43. The van der Waals surface area contributed by atoms with E-state index in [1.54, 1.807) is 0 Å². The quantitative estimate of drug-likeness (QED) is 0.140. The molecule has 28 heavy (non-hydrogen) atoms. The summed E-state index contributed by atoms with van der Waals surface area (Å²) in [5, 5.41) is 10.2. The Hall–Kier alpha value is -0.420. The second kappa shape index (κ2) is 26.6. The lowest BCUT2D eigenvalue weighted by Gasteiger charge is -2.07. The van der Waals surface area contributed by atoms with E-state index in [0.29, 0.717) is 0 Å². The molecule has 0 bridgehead atoms. The van der Waals surface area contributed by atoms with Crippen molar-refractivity contribution in [1.29, 1.82) is 0 Å². The first-order chi connectivity index (χ1) is 13.9. The van der Waals surface area contributed by atoms with Crippen LogP contribution in [0.1, 0.15) is 96.8 Å². The van der Waals surface area contributed by atoms with Gasteiger partial charge in [0.15, 0.2) is 0 Å². The summed E-state index contributed by atoms with van der Waals surface area (Å²) < 4.78 is 0. The molecule has 0 aliphatic rings. The largest absolute Gasteiger partial charge is 0.329 e. The van der Waals surface area contributed by atoms with Crippen molar-refractivity contribution in [1.82, 2.24) is 16.0 Å². The van der Waals surface area contributed by atoms with Crippen LogP contribution in [0.25, 0.3) is 0 Å². The summed E-state index contributed by atoms with van der Waals surface area (Å²) in [4.78, 5) is 0. The first kappa shape index (κ1) is 27.6. The van der Waals surface area contributed by atoms with E-state index in [-0.39, 0.29) is 0 Å². The summed E-state index contributed by atoms with van der Waals surface area (Å²) in [6, 6.07) is 0. The molecule has 0 aliphatic heterocycles. The Morgan fingerprint density at radius 3 is 1.46 bits per heavy atom. The van der Waals surface area contributed by atoms with Gasteiger partial charge in [0.05, 0.1) is 0 Å². The molecule has 0 aromatic carbocycles. The normalized spacial score (nSPS) is 11.6. The van der Waals surface area contributed by atoms with Crippen LogP contribution in [-0.4, -0.2) is 45.8 Å². The predicted octanol–water partition coefficient (Wildman–Crippen LogP) is 4.75. The molecule has 0 amide bonds. The van der Waals surface area contributed by atoms with Gasteiger partial charge >= 0.3 is 0 Å². The summed E-state index contributed by atoms with van der Waals surface area (Å²) in [5.74, 6) is 0. The first-order valence-electron chi connectivity index (χ1n) is 12.4. The molecule has 0 radical (unpaired) electrons. The van der Waals surface area contributed by atoms with Crippen molar-refractivity contribution in [3.8, 4) is 0 Å². The number of hydrogen-bond acceptors (Lipinski definition) is 4. The average molecular weight is 397 g/mol. The molecule has 0 saturated carbocycles. The zero-order chi connectivity index (χ0) is 20.4. The van der Waals surface area contributed by atoms with Crippen LogP contribution in [0.4, 0.5) is 0 Å². The van der Waals surface area contributed by atoms with Crippen LogP contribution in [0.5, 0.6) is 0 Å². The molecule has 0 unspecified atom stereocenters. The second-order valence-corrected chi connectivity index (χ2v) is 7.98. The standard InChI is InChI=1S/C24H52N4/c1-2-3-4-5-6-7-8-9-10-11-12-13-14-15-16-17-19-26-21-23-28-24-22-27-20-18-25/h9-10,26-28H,2-8,11-25H2,1H3. The maximum atomic E-state index is 5.43. The Kier molecular flexibility index (Phi) is 26.2. The highest BCUT2D eigenvalue weighted by molar-refractivity contribution is 4.81. The summed E-state index contributed by atoms with van der Waals surface area (Å²) >= 11 is 0. The van der Waals surface area contributed by atoms with Crippen LogP contribution in [0, 0.1) is 0 Å². The van der Waals surface area contributed by atoms with Gasteiger partial charge in [-0.25, -0.2) is 0 Å². The van der Waals surface area contributed by atoms with E-state index in [9.17, 15) is 0 Å². The third-order valence-corrected chi connectivity index (χ3v) is 5.14. The minimum atomic E-state index is 0.720. The first-order valence-corrected chi connectivity index (χ1v) is 12.4. The topological polar surface area (TPSA) is 62.1 Å². The molecule has 0 atom stereocenters. The van der Waals surface area contributed by atoms with Crippen LogP contribution in [0.15, 0.2) is 12.2 Å². The highest BCUT2D eigenvalue weighted by atomic mass is 15.0. The van der Waals surface area contributed by atoms with Gasteiger partial charge in [-0.05, 0) is 38.6 Å². The Labute approximate surface area is 176 Å². The minimum Gasteiger partial charge on any atom is -0.329 e. The van der Waals surface area contributed by atoms with E-state index in [0.717, 1.165) is 45.8 Å². The van der Waals surface area contributed by atoms with Crippen LogP contribution in [0.3, 0.4) is 0 Å². The molecule has 4 heteroatoms. The molecule has 0 aromatic heterocycles. The second-order valence-electron chi connectivity index (χ2n) is 7.98. The lowest BCUT2D eigenvalue weighted by molar-refractivity contribution is 0.548. The molecular formula is C24H52N4. The maximum Gasteiger partial charge on any atom is 0.00772 e. The van der Waals surface area contributed by atoms with Gasteiger partial charge in [-0.2, -0.15) is 0 Å². The fourth-order valence-electron chi connectivity index (χ4n) is 3.33. The molecular weight excluding hydrogens is 344 g/mol. The van der Waals surface area contributed by atoms with E-state index >= 15 is 0 Å². The minimum absolute atomic E-state index is 0.720. The van der Waals surface area contributed by atoms with E-state index in [4.69, 9.17) is 5.73 Å². The van der Waals surface area contributed by atoms with Crippen LogP contribution < -0.4 is 21.7 Å². The third-order valence-electron chi connectivity index (χ3n) is 5.14. The lowest BCUT2D eigenvalue weighted by atomic mass is 10.1. The fourth-order valence-corrected chi connectivity index (χ4v) is 3.33. The van der Waals surface area contributed by atoms with Gasteiger partial charge in [0, 0.05) is 39.3 Å². The van der Waals surface area contributed by atoms with Crippen molar-refractivity contribution in [2.24, 2.45) is 5.73 Å². The number of nitrogens with two attached hydrogens (primary N) is 1. The van der Waals surface area contributed by atoms with Crippen molar-refractivity contribution >= 4 is 0 Å². The lowest BCUT2D eigenvalue weighted by Crippen LogP contribution is -2.34. The summed E-state index contributed by atoms with van der Waals surface area (Å²) in [5.41, 5.74) is 5.43. The van der Waals surface area contributed by atoms with Gasteiger partial charge in [0.1, 0.15) is 0 Å². The van der Waals surface area contributed by atoms with Gasteiger partial charge < -0.3 is 21.7 Å². The van der Waals surface area contributed by atoms with Gasteiger partial charge in [-0.15, -0.1) is 0 Å². The van der Waals surface area contributed by atoms with Crippen molar-refractivity contribution in [2.75, 3.05) is 45.8 Å². The van der Waals surface area contributed by atoms with E-state index in [2.05, 4.69) is 35.0 Å². The molecule has 0 heterocycles. The number of rotatable bonds is 24. The molecule has 0 spiro atoms. The summed E-state index contributed by atoms with van der Waals surface area (Å²) in [6.45, 7) is 9.23. The number of hydrogen-bond donors (Lipinski definition) is 4. The number of nitrogens with one attached hydrogen (secondary N) is 3. The van der Waals surface area contributed by atoms with Crippen molar-refractivity contribution in [2.45, 2.75) is 96.8 Å². The average Bonchev–Trinajstić information content (AvgIpc) is 2.71. The monoisotopic (exact) mass is 396 g/mol. The highest BCUT2D eigenvalue weighted by Gasteiger charge is 1.93. The Balaban J connectivity index is 3.03. The molecule has 5 N–H and O–H groups in total. The fraction of sp³-hybridized carbons (Fsp3) is 0.917. The van der Waals surface area contributed by atoms with E-state index in [1.165, 1.54) is 89.9 Å². The molecule has 0 saturated heterocycles. The summed E-state index contributed by atoms with van der Waals surface area (Å²) in [6.07, 6.45) is 24.1. The number of allylic oxidation sites excluding steroid dienone is 2. The molecule has 0 aromatic rings. The van der Waals surface area contributed by atoms with Crippen LogP contribution in [0.2, 0.25) is 0 Å². The van der Waals surface area contributed by atoms with Crippen molar-refractivity contribution in [3.05, 3.63) is 12.2 Å². The highest BCUT2D eigenvalue weighted by Crippen LogP contribution is 2.09. The molecule has 0 rings (SSSR count). The van der Waals surface area contributed by atoms with Crippen LogP contribution in [-0.2, 0) is 0 Å². The zero-order valence-corrected chi connectivity index (χ0v) is 19.1. The molecule has 0 fully saturated rings. The zero-order valence-electron chi connectivity index (χ0n) is 19.1. The Morgan fingerprint density at radius 1 is 0.500 bits per heavy atom. The van der Waals surface area contributed by atoms with E-state index in [1.807, 2.05) is 0 Å².